The van der Waals surface area contributed by atoms with Crippen LogP contribution in [-0.4, -0.2) is 95.5 Å². The van der Waals surface area contributed by atoms with E-state index in [4.69, 9.17) is 4.74 Å². The van der Waals surface area contributed by atoms with Crippen LogP contribution in [0.3, 0.4) is 0 Å². The van der Waals surface area contributed by atoms with E-state index in [1.807, 2.05) is 0 Å². The molecule has 0 saturated carbocycles. The van der Waals surface area contributed by atoms with Crippen molar-refractivity contribution in [3.8, 4) is 0 Å². The summed E-state index contributed by atoms with van der Waals surface area (Å²) in [5, 5.41) is 12.0. The van der Waals surface area contributed by atoms with Crippen molar-refractivity contribution in [3.05, 3.63) is 35.4 Å². The van der Waals surface area contributed by atoms with E-state index in [-0.39, 0.29) is 24.5 Å². The zero-order valence-electron chi connectivity index (χ0n) is 21.7. The number of aliphatic carboxylic acids is 1. The summed E-state index contributed by atoms with van der Waals surface area (Å²) in [6.07, 6.45) is 0.0232. The molecule has 0 spiro atoms. The zero-order chi connectivity index (χ0) is 27.6. The fourth-order valence-corrected chi connectivity index (χ4v) is 6.14. The largest absolute Gasteiger partial charge is 0.480 e. The lowest BCUT2D eigenvalue weighted by Crippen LogP contribution is -2.53. The van der Waals surface area contributed by atoms with E-state index in [9.17, 15) is 32.7 Å². The minimum atomic E-state index is -3.65. The van der Waals surface area contributed by atoms with Gasteiger partial charge < -0.3 is 25.0 Å². The van der Waals surface area contributed by atoms with Crippen LogP contribution in [0.15, 0.2) is 24.3 Å². The number of sulfone groups is 1. The first kappa shape index (κ1) is 28.4. The molecule has 3 rings (SSSR count). The topological polar surface area (TPSA) is 150 Å². The van der Waals surface area contributed by atoms with Gasteiger partial charge in [0.25, 0.3) is 5.91 Å². The summed E-state index contributed by atoms with van der Waals surface area (Å²) in [4.78, 5) is 52.8. The predicted molar refractivity (Wildman–Crippen MR) is 135 cm³/mol. The second kappa shape index (κ2) is 10.7. The van der Waals surface area contributed by atoms with Gasteiger partial charge in [-0.05, 0) is 58.2 Å². The maximum absolute atomic E-state index is 12.9. The fourth-order valence-electron chi connectivity index (χ4n) is 4.37. The minimum absolute atomic E-state index is 0.0692. The summed E-state index contributed by atoms with van der Waals surface area (Å²) in [5.41, 5.74) is 0.383. The summed E-state index contributed by atoms with van der Waals surface area (Å²) in [7, 11) is -3.65. The van der Waals surface area contributed by atoms with Crippen molar-refractivity contribution in [3.63, 3.8) is 0 Å². The van der Waals surface area contributed by atoms with Gasteiger partial charge in [0.15, 0.2) is 9.84 Å². The minimum Gasteiger partial charge on any atom is -0.480 e. The van der Waals surface area contributed by atoms with Crippen molar-refractivity contribution in [1.29, 1.82) is 0 Å². The van der Waals surface area contributed by atoms with Crippen LogP contribution in [0.2, 0.25) is 0 Å². The first-order valence-electron chi connectivity index (χ1n) is 12.3. The van der Waals surface area contributed by atoms with Crippen LogP contribution in [0.1, 0.15) is 56.5 Å². The Labute approximate surface area is 217 Å². The third kappa shape index (κ3) is 6.60. The number of hydrogen-bond donors (Lipinski definition) is 2. The first-order valence-corrected chi connectivity index (χ1v) is 13.9. The van der Waals surface area contributed by atoms with Crippen molar-refractivity contribution >= 4 is 33.7 Å². The van der Waals surface area contributed by atoms with Crippen molar-refractivity contribution in [2.75, 3.05) is 31.9 Å². The lowest BCUT2D eigenvalue weighted by Gasteiger charge is -2.35. The Bertz CT molecular complexity index is 1150. The number of carbonyl (C=O) groups is 4. The average Bonchev–Trinajstić information content (AvgIpc) is 3.10. The molecule has 0 aliphatic carbocycles. The van der Waals surface area contributed by atoms with Gasteiger partial charge in [-0.15, -0.1) is 0 Å². The lowest BCUT2D eigenvalue weighted by molar-refractivity contribution is -0.142. The van der Waals surface area contributed by atoms with Crippen LogP contribution >= 0.6 is 0 Å². The van der Waals surface area contributed by atoms with Gasteiger partial charge in [-0.25, -0.2) is 18.0 Å². The Kier molecular flexibility index (Phi) is 8.21. The van der Waals surface area contributed by atoms with Gasteiger partial charge >= 0.3 is 12.1 Å². The number of nitrogens with one attached hydrogen (secondary N) is 1. The number of ether oxygens (including phenoxy) is 1. The van der Waals surface area contributed by atoms with Crippen LogP contribution < -0.4 is 5.32 Å². The molecule has 2 saturated heterocycles. The number of piperazine rings is 1. The number of benzene rings is 1. The molecule has 12 heteroatoms. The number of nitrogens with zero attached hydrogens (tertiary/aromatic N) is 2. The third-order valence-electron chi connectivity index (χ3n) is 6.70. The number of amides is 3. The van der Waals surface area contributed by atoms with Crippen molar-refractivity contribution in [2.24, 2.45) is 0 Å². The number of carboxylic acids is 1. The van der Waals surface area contributed by atoms with E-state index in [2.05, 4.69) is 5.32 Å². The molecule has 2 atom stereocenters. The Hall–Kier alpha value is -3.15. The van der Waals surface area contributed by atoms with Crippen LogP contribution in [0.5, 0.6) is 0 Å². The molecular weight excluding hydrogens is 502 g/mol. The molecule has 1 aromatic rings. The van der Waals surface area contributed by atoms with E-state index in [1.165, 1.54) is 6.92 Å². The monoisotopic (exact) mass is 537 g/mol. The zero-order valence-corrected chi connectivity index (χ0v) is 22.5. The second-order valence-corrected chi connectivity index (χ2v) is 13.2. The molecule has 2 N–H and O–H groups in total. The van der Waals surface area contributed by atoms with Gasteiger partial charge in [0.2, 0.25) is 5.91 Å². The number of carboxylic acid groups (broad SMARTS) is 1. The summed E-state index contributed by atoms with van der Waals surface area (Å²) in [5.74, 6) is -2.40. The number of carbonyl (C=O) groups excluding carboxylic acids is 3. The maximum atomic E-state index is 12.9. The first-order chi connectivity index (χ1) is 17.1. The van der Waals surface area contributed by atoms with Crippen LogP contribution in [-0.2, 0) is 30.6 Å². The SMILES string of the molecule is CC(C)(C)OC(=O)N1CCN(C(=O)c2ccc(C[C@H](NC(=O)C3(C)CCCS3(=O)=O)C(=O)O)cc2)CC1. The Morgan fingerprint density at radius 3 is 2.11 bits per heavy atom. The van der Waals surface area contributed by atoms with E-state index >= 15 is 0 Å². The summed E-state index contributed by atoms with van der Waals surface area (Å²) < 4.78 is 28.3. The quantitative estimate of drug-likeness (QED) is 0.554. The Balaban J connectivity index is 1.59. The number of rotatable bonds is 6. The molecule has 2 heterocycles. The van der Waals surface area contributed by atoms with E-state index < -0.39 is 44.2 Å². The van der Waals surface area contributed by atoms with Gasteiger partial charge in [-0.2, -0.15) is 0 Å². The highest BCUT2D eigenvalue weighted by Gasteiger charge is 2.50. The standard InChI is InChI=1S/C25H35N3O8S/c1-24(2,3)36-23(33)28-13-11-27(12-14-28)20(29)18-8-6-17(7-9-18)16-19(21(30)31)26-22(32)25(4)10-5-15-37(25,34)35/h6-9,19H,5,10-16H2,1-4H3,(H,26,32)(H,30,31)/t19-,25?/m0/s1. The molecule has 3 amide bonds. The van der Waals surface area contributed by atoms with E-state index in [0.29, 0.717) is 43.7 Å². The van der Waals surface area contributed by atoms with Crippen molar-refractivity contribution in [2.45, 2.75) is 63.3 Å². The predicted octanol–water partition coefficient (Wildman–Crippen LogP) is 1.46. The highest BCUT2D eigenvalue weighted by Crippen LogP contribution is 2.32. The molecular formula is C25H35N3O8S. The highest BCUT2D eigenvalue weighted by atomic mass is 32.2. The molecule has 1 aromatic carbocycles. The van der Waals surface area contributed by atoms with E-state index in [1.54, 1.807) is 54.8 Å². The molecule has 2 fully saturated rings. The maximum Gasteiger partial charge on any atom is 0.410 e. The normalized spacial score (nSPS) is 22.3. The molecule has 204 valence electrons. The molecule has 2 aliphatic heterocycles. The van der Waals surface area contributed by atoms with Gasteiger partial charge in [-0.3, -0.25) is 9.59 Å². The fraction of sp³-hybridized carbons (Fsp3) is 0.600. The Morgan fingerprint density at radius 2 is 1.62 bits per heavy atom. The smallest absolute Gasteiger partial charge is 0.410 e. The van der Waals surface area contributed by atoms with Gasteiger partial charge in [0.1, 0.15) is 16.4 Å². The molecule has 0 aromatic heterocycles. The van der Waals surface area contributed by atoms with Crippen LogP contribution in [0.4, 0.5) is 4.79 Å². The third-order valence-corrected chi connectivity index (χ3v) is 9.28. The highest BCUT2D eigenvalue weighted by molar-refractivity contribution is 7.93. The molecule has 0 radical (unpaired) electrons. The summed E-state index contributed by atoms with van der Waals surface area (Å²) in [6.45, 7) is 8.13. The van der Waals surface area contributed by atoms with Crippen molar-refractivity contribution < 1.29 is 37.4 Å². The van der Waals surface area contributed by atoms with Gasteiger partial charge in [-0.1, -0.05) is 12.1 Å². The molecule has 11 nitrogen and oxygen atoms in total. The molecule has 37 heavy (non-hydrogen) atoms. The molecule has 2 aliphatic rings. The molecule has 1 unspecified atom stereocenters. The van der Waals surface area contributed by atoms with E-state index in [0.717, 1.165) is 0 Å². The summed E-state index contributed by atoms with van der Waals surface area (Å²) >= 11 is 0. The van der Waals surface area contributed by atoms with Gasteiger partial charge in [0.05, 0.1) is 5.75 Å². The Morgan fingerprint density at radius 1 is 1.05 bits per heavy atom. The van der Waals surface area contributed by atoms with Crippen LogP contribution in [0, 0.1) is 0 Å². The summed E-state index contributed by atoms with van der Waals surface area (Å²) in [6, 6.07) is 5.08. The average molecular weight is 538 g/mol. The van der Waals surface area contributed by atoms with Crippen LogP contribution in [0.25, 0.3) is 0 Å². The molecule has 0 bridgehead atoms. The lowest BCUT2D eigenvalue weighted by atomic mass is 10.0. The van der Waals surface area contributed by atoms with Crippen molar-refractivity contribution in [1.82, 2.24) is 15.1 Å². The van der Waals surface area contributed by atoms with Gasteiger partial charge in [0, 0.05) is 38.2 Å². The number of hydrogen-bond acceptors (Lipinski definition) is 7. The second-order valence-electron chi connectivity index (χ2n) is 10.7.